The summed E-state index contributed by atoms with van der Waals surface area (Å²) in [6.07, 6.45) is 6.26. The fourth-order valence-corrected chi connectivity index (χ4v) is 2.21. The Morgan fingerprint density at radius 1 is 1.26 bits per heavy atom. The van der Waals surface area contributed by atoms with E-state index in [0.29, 0.717) is 15.9 Å². The zero-order valence-corrected chi connectivity index (χ0v) is 10.9. The quantitative estimate of drug-likeness (QED) is 0.411. The molecule has 3 heterocycles. The molecule has 0 aromatic carbocycles. The predicted molar refractivity (Wildman–Crippen MR) is 71.0 cm³/mol. The molecule has 3 aromatic heterocycles. The highest BCUT2D eigenvalue weighted by Crippen LogP contribution is 2.28. The fourth-order valence-electron chi connectivity index (χ4n) is 1.63. The number of hydrogen-bond donors (Lipinski definition) is 0. The van der Waals surface area contributed by atoms with E-state index in [9.17, 15) is 0 Å². The maximum Gasteiger partial charge on any atom is 0.183 e. The molecular formula is C10H5BrN8. The highest BCUT2D eigenvalue weighted by Gasteiger charge is 2.14. The van der Waals surface area contributed by atoms with Gasteiger partial charge in [0.25, 0.3) is 0 Å². The Balaban J connectivity index is 2.30. The van der Waals surface area contributed by atoms with Crippen molar-refractivity contribution in [2.45, 2.75) is 0 Å². The van der Waals surface area contributed by atoms with Crippen molar-refractivity contribution < 1.29 is 0 Å². The van der Waals surface area contributed by atoms with Crippen LogP contribution in [0.4, 0.5) is 5.82 Å². The van der Waals surface area contributed by atoms with Crippen molar-refractivity contribution >= 4 is 32.7 Å². The predicted octanol–water partition coefficient (Wildman–Crippen LogP) is 2.91. The molecule has 0 amide bonds. The summed E-state index contributed by atoms with van der Waals surface area (Å²) < 4.78 is 2.21. The van der Waals surface area contributed by atoms with Gasteiger partial charge in [-0.15, -0.1) is 0 Å². The molecule has 0 fully saturated rings. The van der Waals surface area contributed by atoms with Gasteiger partial charge in [0.05, 0.1) is 6.20 Å². The molecule has 0 N–H and O–H groups in total. The molecule has 0 aliphatic heterocycles. The summed E-state index contributed by atoms with van der Waals surface area (Å²) in [4.78, 5) is 14.9. The number of hydrogen-bond acceptors (Lipinski definition) is 5. The zero-order valence-electron chi connectivity index (χ0n) is 9.34. The number of aromatic nitrogens is 5. The van der Waals surface area contributed by atoms with Crippen molar-refractivity contribution in [3.8, 4) is 5.82 Å². The normalized spacial score (nSPS) is 10.4. The number of nitrogens with zero attached hydrogens (tertiary/aromatic N) is 8. The molecule has 92 valence electrons. The van der Waals surface area contributed by atoms with Crippen LogP contribution >= 0.6 is 15.9 Å². The number of pyridine rings is 1. The lowest BCUT2D eigenvalue weighted by Gasteiger charge is -2.03. The molecule has 0 aliphatic rings. The number of halogens is 1. The van der Waals surface area contributed by atoms with Crippen LogP contribution in [0.2, 0.25) is 0 Å². The average Bonchev–Trinajstić information content (AvgIpc) is 2.78. The second kappa shape index (κ2) is 4.63. The number of fused-ring (bicyclic) bond motifs is 1. The van der Waals surface area contributed by atoms with Crippen LogP contribution in [0.5, 0.6) is 0 Å². The molecule has 0 atom stereocenters. The van der Waals surface area contributed by atoms with Gasteiger partial charge in [-0.3, -0.25) is 4.98 Å². The summed E-state index contributed by atoms with van der Waals surface area (Å²) in [5, 5.41) is 8.73. The second-order valence-electron chi connectivity index (χ2n) is 3.49. The van der Waals surface area contributed by atoms with E-state index in [4.69, 9.17) is 5.53 Å². The van der Waals surface area contributed by atoms with E-state index >= 15 is 0 Å². The summed E-state index contributed by atoms with van der Waals surface area (Å²) in [6.45, 7) is 0. The van der Waals surface area contributed by atoms with E-state index in [-0.39, 0.29) is 5.82 Å². The third-order valence-electron chi connectivity index (χ3n) is 2.42. The molecule has 19 heavy (non-hydrogen) atoms. The molecule has 0 bridgehead atoms. The Morgan fingerprint density at radius 2 is 2.11 bits per heavy atom. The lowest BCUT2D eigenvalue weighted by Crippen LogP contribution is -2.00. The van der Waals surface area contributed by atoms with Gasteiger partial charge < -0.3 is 0 Å². The zero-order chi connectivity index (χ0) is 13.2. The Bertz CT molecular complexity index is 804. The Labute approximate surface area is 114 Å². The molecule has 0 unspecified atom stereocenters. The van der Waals surface area contributed by atoms with Gasteiger partial charge >= 0.3 is 0 Å². The van der Waals surface area contributed by atoms with Crippen LogP contribution in [-0.4, -0.2) is 24.7 Å². The van der Waals surface area contributed by atoms with E-state index in [1.165, 1.54) is 17.1 Å². The number of azide groups is 1. The molecule has 3 aromatic rings. The minimum absolute atomic E-state index is 0.159. The average molecular weight is 317 g/mol. The van der Waals surface area contributed by atoms with Crippen LogP contribution in [-0.2, 0) is 0 Å². The second-order valence-corrected chi connectivity index (χ2v) is 4.24. The van der Waals surface area contributed by atoms with E-state index in [0.717, 1.165) is 5.39 Å². The highest BCUT2D eigenvalue weighted by molar-refractivity contribution is 9.10. The van der Waals surface area contributed by atoms with Gasteiger partial charge in [-0.1, -0.05) is 0 Å². The summed E-state index contributed by atoms with van der Waals surface area (Å²) >= 11 is 3.44. The first-order valence-electron chi connectivity index (χ1n) is 5.16. The first kappa shape index (κ1) is 11.6. The molecule has 8 nitrogen and oxygen atoms in total. The molecule has 9 heteroatoms. The molecular weight excluding hydrogens is 312 g/mol. The van der Waals surface area contributed by atoms with E-state index < -0.39 is 0 Å². The third kappa shape index (κ3) is 1.90. The molecule has 0 aliphatic carbocycles. The van der Waals surface area contributed by atoms with Crippen molar-refractivity contribution in [1.82, 2.24) is 24.7 Å². The van der Waals surface area contributed by atoms with Gasteiger partial charge in [0.2, 0.25) is 0 Å². The molecule has 0 radical (unpaired) electrons. The highest BCUT2D eigenvalue weighted by atomic mass is 79.9. The maximum absolute atomic E-state index is 8.54. The topological polar surface area (TPSA) is 105 Å². The van der Waals surface area contributed by atoms with Crippen molar-refractivity contribution in [1.29, 1.82) is 0 Å². The van der Waals surface area contributed by atoms with Gasteiger partial charge in [0.15, 0.2) is 11.6 Å². The largest absolute Gasteiger partial charge is 0.262 e. The van der Waals surface area contributed by atoms with Crippen LogP contribution in [0.1, 0.15) is 0 Å². The SMILES string of the molecule is [N-]=[N+]=Nc1nccnc1-n1nc2cnccc2c1Br. The Hall–Kier alpha value is -2.51. The van der Waals surface area contributed by atoms with Crippen LogP contribution in [0.3, 0.4) is 0 Å². The fraction of sp³-hybridized carbons (Fsp3) is 0. The third-order valence-corrected chi connectivity index (χ3v) is 3.18. The molecule has 0 spiro atoms. The van der Waals surface area contributed by atoms with Crippen LogP contribution in [0.15, 0.2) is 40.6 Å². The standard InChI is InChI=1S/C10H5BrN8/c11-8-6-1-2-13-5-7(6)17-19(8)10-9(16-18-12)14-3-4-15-10/h1-5H. The van der Waals surface area contributed by atoms with E-state index in [1.807, 2.05) is 6.07 Å². The van der Waals surface area contributed by atoms with Gasteiger partial charge in [-0.25, -0.2) is 14.6 Å². The van der Waals surface area contributed by atoms with Gasteiger partial charge in [-0.05, 0) is 32.6 Å². The van der Waals surface area contributed by atoms with Crippen molar-refractivity contribution in [3.05, 3.63) is 45.9 Å². The first-order chi connectivity index (χ1) is 9.31. The van der Waals surface area contributed by atoms with Crippen LogP contribution in [0, 0.1) is 0 Å². The maximum atomic E-state index is 8.54. The molecule has 0 saturated carbocycles. The minimum Gasteiger partial charge on any atom is -0.262 e. The molecule has 0 saturated heterocycles. The summed E-state index contributed by atoms with van der Waals surface area (Å²) in [5.41, 5.74) is 9.24. The first-order valence-corrected chi connectivity index (χ1v) is 5.95. The monoisotopic (exact) mass is 316 g/mol. The summed E-state index contributed by atoms with van der Waals surface area (Å²) in [5.74, 6) is 0.509. The minimum atomic E-state index is 0.159. The lowest BCUT2D eigenvalue weighted by atomic mass is 10.3. The van der Waals surface area contributed by atoms with Gasteiger partial charge in [0.1, 0.15) is 10.1 Å². The lowest BCUT2D eigenvalue weighted by molar-refractivity contribution is 0.832. The van der Waals surface area contributed by atoms with Crippen LogP contribution < -0.4 is 0 Å². The summed E-state index contributed by atoms with van der Waals surface area (Å²) in [6, 6.07) is 1.83. The van der Waals surface area contributed by atoms with Crippen molar-refractivity contribution in [3.63, 3.8) is 0 Å². The Morgan fingerprint density at radius 3 is 2.89 bits per heavy atom. The van der Waals surface area contributed by atoms with E-state index in [1.54, 1.807) is 12.4 Å². The Kier molecular flexibility index (Phi) is 2.82. The molecule has 3 rings (SSSR count). The van der Waals surface area contributed by atoms with E-state index in [2.05, 4.69) is 46.0 Å². The smallest absolute Gasteiger partial charge is 0.183 e. The van der Waals surface area contributed by atoms with Gasteiger partial charge in [-0.2, -0.15) is 5.10 Å². The summed E-state index contributed by atoms with van der Waals surface area (Å²) in [7, 11) is 0. The van der Waals surface area contributed by atoms with Crippen LogP contribution in [0.25, 0.3) is 27.2 Å². The number of rotatable bonds is 2. The van der Waals surface area contributed by atoms with Gasteiger partial charge in [0, 0.05) is 28.9 Å². The van der Waals surface area contributed by atoms with Crippen molar-refractivity contribution in [2.24, 2.45) is 5.11 Å². The van der Waals surface area contributed by atoms with Crippen molar-refractivity contribution in [2.75, 3.05) is 0 Å².